The average Bonchev–Trinajstić information content (AvgIpc) is 2.45. The normalized spacial score (nSPS) is 23.5. The second-order valence-electron chi connectivity index (χ2n) is 4.96. The number of quaternary nitrogens is 1. The van der Waals surface area contributed by atoms with Crippen LogP contribution in [0.25, 0.3) is 0 Å². The third kappa shape index (κ3) is 2.69. The smallest absolute Gasteiger partial charge is 0.177 e. The first kappa shape index (κ1) is 12.9. The van der Waals surface area contributed by atoms with Crippen molar-refractivity contribution >= 4 is 0 Å². The average molecular weight is 319 g/mol. The van der Waals surface area contributed by atoms with E-state index in [-0.39, 0.29) is 24.0 Å². The van der Waals surface area contributed by atoms with Crippen LogP contribution < -0.4 is 28.5 Å². The van der Waals surface area contributed by atoms with E-state index in [9.17, 15) is 0 Å². The monoisotopic (exact) mass is 319 g/mol. The quantitative estimate of drug-likeness (QED) is 0.334. The van der Waals surface area contributed by atoms with Gasteiger partial charge in [-0.15, -0.1) is 0 Å². The molecule has 2 heterocycles. The minimum atomic E-state index is 0. The molecule has 0 spiro atoms. The Hall–Kier alpha value is -0.160. The van der Waals surface area contributed by atoms with Gasteiger partial charge in [-0.2, -0.15) is 0 Å². The number of halogens is 1. The third-order valence-corrected chi connectivity index (χ3v) is 3.40. The molecule has 3 heteroatoms. The summed E-state index contributed by atoms with van der Waals surface area (Å²) in [5.74, 6) is 0. The molecule has 1 saturated heterocycles. The molecule has 1 aromatic heterocycles. The molecule has 15 heavy (non-hydrogen) atoms. The Balaban J connectivity index is 0.00000112. The Kier molecular flexibility index (Phi) is 4.12. The molecule has 2 rings (SSSR count). The van der Waals surface area contributed by atoms with E-state index < -0.39 is 0 Å². The molecule has 2 nitrogen and oxygen atoms in total. The maximum absolute atomic E-state index is 2.34. The van der Waals surface area contributed by atoms with Crippen molar-refractivity contribution in [2.75, 3.05) is 20.6 Å². The minimum Gasteiger partial charge on any atom is -1.00 e. The Morgan fingerprint density at radius 3 is 2.67 bits per heavy atom. The molecular formula is C12H20IN2+. The second-order valence-corrected chi connectivity index (χ2v) is 4.96. The van der Waals surface area contributed by atoms with Gasteiger partial charge in [0.15, 0.2) is 12.4 Å². The Labute approximate surface area is 110 Å². The van der Waals surface area contributed by atoms with Gasteiger partial charge >= 0.3 is 0 Å². The summed E-state index contributed by atoms with van der Waals surface area (Å²) in [7, 11) is 6.77. The van der Waals surface area contributed by atoms with Crippen molar-refractivity contribution in [3.63, 3.8) is 0 Å². The lowest BCUT2D eigenvalue weighted by Crippen LogP contribution is -3.00. The van der Waals surface area contributed by atoms with Crippen molar-refractivity contribution in [1.82, 2.24) is 0 Å². The number of nitrogens with zero attached hydrogens (tertiary/aromatic N) is 2. The lowest BCUT2D eigenvalue weighted by Gasteiger charge is -2.31. The van der Waals surface area contributed by atoms with E-state index in [0.717, 1.165) is 4.48 Å². The van der Waals surface area contributed by atoms with Crippen molar-refractivity contribution in [3.8, 4) is 0 Å². The van der Waals surface area contributed by atoms with Crippen LogP contribution in [0.4, 0.5) is 0 Å². The minimum absolute atomic E-state index is 0. The highest BCUT2D eigenvalue weighted by atomic mass is 127. The summed E-state index contributed by atoms with van der Waals surface area (Å²) in [6.07, 6.45) is 7.04. The molecular weight excluding hydrogens is 299 g/mol. The molecule has 1 fully saturated rings. The molecule has 0 saturated carbocycles. The molecule has 84 valence electrons. The van der Waals surface area contributed by atoms with E-state index in [1.165, 1.54) is 24.9 Å². The van der Waals surface area contributed by atoms with Crippen LogP contribution in [-0.4, -0.2) is 25.1 Å². The number of hydrogen-bond acceptors (Lipinski definition) is 0. The standard InChI is InChI=1S/C12H20N2.HI/c1-13-8-4-6-11(10-13)12-7-5-9-14(12,2)3;/h4,6,8,10,12H,5,7,9H2,1-3H3;1H/q+2;/p-1/t12-;/m1./s1. The lowest BCUT2D eigenvalue weighted by molar-refractivity contribution is -0.908. The maximum atomic E-state index is 2.34. The number of aryl methyl sites for hydroxylation is 1. The second kappa shape index (κ2) is 4.78. The van der Waals surface area contributed by atoms with Crippen LogP contribution >= 0.6 is 0 Å². The fraction of sp³-hybridized carbons (Fsp3) is 0.583. The van der Waals surface area contributed by atoms with Gasteiger partial charge in [0, 0.05) is 18.9 Å². The highest BCUT2D eigenvalue weighted by Crippen LogP contribution is 2.34. The summed E-state index contributed by atoms with van der Waals surface area (Å²) in [6, 6.07) is 5.10. The van der Waals surface area contributed by atoms with Gasteiger partial charge in [-0.1, -0.05) is 0 Å². The summed E-state index contributed by atoms with van der Waals surface area (Å²) < 4.78 is 3.29. The fourth-order valence-corrected chi connectivity index (χ4v) is 2.58. The molecule has 1 aliphatic rings. The van der Waals surface area contributed by atoms with E-state index >= 15 is 0 Å². The van der Waals surface area contributed by atoms with Crippen LogP contribution in [0.15, 0.2) is 24.5 Å². The predicted octanol–water partition coefficient (Wildman–Crippen LogP) is -1.57. The summed E-state index contributed by atoms with van der Waals surface area (Å²) in [4.78, 5) is 0. The molecule has 0 N–H and O–H groups in total. The molecule has 0 radical (unpaired) electrons. The molecule has 0 amide bonds. The number of aromatic nitrogens is 1. The van der Waals surface area contributed by atoms with Gasteiger partial charge in [0.2, 0.25) is 0 Å². The van der Waals surface area contributed by atoms with Crippen molar-refractivity contribution in [2.24, 2.45) is 7.05 Å². The number of likely N-dealkylation sites (tertiary alicyclic amines) is 1. The van der Waals surface area contributed by atoms with Gasteiger partial charge < -0.3 is 28.5 Å². The first-order valence-corrected chi connectivity index (χ1v) is 5.37. The van der Waals surface area contributed by atoms with Crippen LogP contribution in [0.5, 0.6) is 0 Å². The van der Waals surface area contributed by atoms with Crippen LogP contribution in [0, 0.1) is 0 Å². The molecule has 0 aromatic carbocycles. The molecule has 1 aromatic rings. The van der Waals surface area contributed by atoms with Crippen LogP contribution in [-0.2, 0) is 7.05 Å². The topological polar surface area (TPSA) is 3.88 Å². The zero-order valence-electron chi connectivity index (χ0n) is 9.78. The van der Waals surface area contributed by atoms with Gasteiger partial charge in [0.25, 0.3) is 0 Å². The van der Waals surface area contributed by atoms with Gasteiger partial charge in [-0.3, -0.25) is 0 Å². The van der Waals surface area contributed by atoms with E-state index in [1.807, 2.05) is 0 Å². The predicted molar refractivity (Wildman–Crippen MR) is 56.6 cm³/mol. The lowest BCUT2D eigenvalue weighted by atomic mass is 10.1. The molecule has 1 aliphatic heterocycles. The Morgan fingerprint density at radius 2 is 2.13 bits per heavy atom. The van der Waals surface area contributed by atoms with E-state index in [1.54, 1.807) is 0 Å². The Bertz CT molecular complexity index is 336. The van der Waals surface area contributed by atoms with E-state index in [2.05, 4.69) is 50.2 Å². The van der Waals surface area contributed by atoms with Gasteiger partial charge in [-0.25, -0.2) is 4.57 Å². The van der Waals surface area contributed by atoms with Crippen LogP contribution in [0.2, 0.25) is 0 Å². The SMILES string of the molecule is C[n+]1cccc([C@H]2CCC[N+]2(C)C)c1.[I-]. The van der Waals surface area contributed by atoms with Crippen molar-refractivity contribution in [3.05, 3.63) is 30.1 Å². The summed E-state index contributed by atoms with van der Waals surface area (Å²) in [5.41, 5.74) is 1.48. The van der Waals surface area contributed by atoms with Crippen LogP contribution in [0.1, 0.15) is 24.4 Å². The third-order valence-electron chi connectivity index (χ3n) is 3.40. The Morgan fingerprint density at radius 1 is 1.40 bits per heavy atom. The summed E-state index contributed by atoms with van der Waals surface area (Å²) in [5, 5.41) is 0. The van der Waals surface area contributed by atoms with Gasteiger partial charge in [-0.05, 0) is 6.07 Å². The van der Waals surface area contributed by atoms with Crippen LogP contribution in [0.3, 0.4) is 0 Å². The number of pyridine rings is 1. The first-order chi connectivity index (χ1) is 6.59. The number of hydrogen-bond donors (Lipinski definition) is 0. The zero-order valence-corrected chi connectivity index (χ0v) is 11.9. The van der Waals surface area contributed by atoms with Gasteiger partial charge in [0.1, 0.15) is 13.1 Å². The van der Waals surface area contributed by atoms with E-state index in [0.29, 0.717) is 6.04 Å². The summed E-state index contributed by atoms with van der Waals surface area (Å²) >= 11 is 0. The van der Waals surface area contributed by atoms with Crippen molar-refractivity contribution in [2.45, 2.75) is 18.9 Å². The molecule has 0 bridgehead atoms. The maximum Gasteiger partial charge on any atom is 0.177 e. The van der Waals surface area contributed by atoms with Crippen molar-refractivity contribution < 1.29 is 33.0 Å². The highest BCUT2D eigenvalue weighted by molar-refractivity contribution is 5.10. The summed E-state index contributed by atoms with van der Waals surface area (Å²) in [6.45, 7) is 1.31. The van der Waals surface area contributed by atoms with E-state index in [4.69, 9.17) is 0 Å². The highest BCUT2D eigenvalue weighted by Gasteiger charge is 2.36. The van der Waals surface area contributed by atoms with Gasteiger partial charge in [0.05, 0.1) is 26.2 Å². The molecule has 0 unspecified atom stereocenters. The molecule has 0 aliphatic carbocycles. The number of rotatable bonds is 1. The molecule has 1 atom stereocenters. The van der Waals surface area contributed by atoms with Crippen molar-refractivity contribution in [1.29, 1.82) is 0 Å². The fourth-order valence-electron chi connectivity index (χ4n) is 2.58. The first-order valence-electron chi connectivity index (χ1n) is 5.37. The largest absolute Gasteiger partial charge is 1.00 e. The zero-order chi connectivity index (χ0) is 10.2.